The number of hydrogen-bond acceptors (Lipinski definition) is 4. The van der Waals surface area contributed by atoms with Crippen molar-refractivity contribution in [3.05, 3.63) is 41.1 Å². The van der Waals surface area contributed by atoms with Gasteiger partial charge in [-0.3, -0.25) is 14.4 Å². The molecule has 1 saturated carbocycles. The van der Waals surface area contributed by atoms with Gasteiger partial charge < -0.3 is 9.73 Å². The average Bonchev–Trinajstić information content (AvgIpc) is 3.09. The van der Waals surface area contributed by atoms with Gasteiger partial charge in [-0.15, -0.1) is 0 Å². The maximum Gasteiger partial charge on any atom is 0.223 e. The molecule has 0 spiro atoms. The molecule has 0 unspecified atom stereocenters. The fourth-order valence-electron chi connectivity index (χ4n) is 3.38. The van der Waals surface area contributed by atoms with Gasteiger partial charge in [0.25, 0.3) is 0 Å². The molecule has 1 fully saturated rings. The molecule has 3 heterocycles. The summed E-state index contributed by atoms with van der Waals surface area (Å²) >= 11 is 0. The van der Waals surface area contributed by atoms with Gasteiger partial charge in [-0.2, -0.15) is 5.10 Å². The summed E-state index contributed by atoms with van der Waals surface area (Å²) in [5, 5.41) is 7.64. The highest BCUT2D eigenvalue weighted by molar-refractivity contribution is 5.79. The Morgan fingerprint density at radius 2 is 2.25 bits per heavy atom. The molecule has 6 nitrogen and oxygen atoms in total. The van der Waals surface area contributed by atoms with Crippen molar-refractivity contribution in [3.8, 4) is 0 Å². The molecule has 1 aliphatic carbocycles. The summed E-state index contributed by atoms with van der Waals surface area (Å²) in [4.78, 5) is 14.3. The maximum absolute atomic E-state index is 11.9. The van der Waals surface area contributed by atoms with E-state index in [-0.39, 0.29) is 11.8 Å². The van der Waals surface area contributed by atoms with Crippen molar-refractivity contribution < 1.29 is 9.21 Å². The molecule has 0 aromatic carbocycles. The fourth-order valence-corrected chi connectivity index (χ4v) is 3.38. The van der Waals surface area contributed by atoms with E-state index in [1.165, 1.54) is 12.1 Å². The summed E-state index contributed by atoms with van der Waals surface area (Å²) in [6, 6.07) is 6.16. The first kappa shape index (κ1) is 15.4. The van der Waals surface area contributed by atoms with Crippen molar-refractivity contribution in [1.82, 2.24) is 20.0 Å². The summed E-state index contributed by atoms with van der Waals surface area (Å²) in [6.45, 7) is 6.04. The molecule has 0 bridgehead atoms. The van der Waals surface area contributed by atoms with E-state index in [1.54, 1.807) is 0 Å². The fraction of sp³-hybridized carbons (Fsp3) is 0.556. The Hall–Kier alpha value is -2.08. The third kappa shape index (κ3) is 3.24. The second-order valence-electron chi connectivity index (χ2n) is 6.92. The molecule has 2 aromatic rings. The van der Waals surface area contributed by atoms with Crippen molar-refractivity contribution in [2.45, 2.75) is 52.4 Å². The van der Waals surface area contributed by atoms with Gasteiger partial charge in [0.1, 0.15) is 11.5 Å². The molecule has 128 valence electrons. The molecule has 6 heteroatoms. The lowest BCUT2D eigenvalue weighted by Crippen LogP contribution is -2.34. The van der Waals surface area contributed by atoms with E-state index in [2.05, 4.69) is 26.1 Å². The van der Waals surface area contributed by atoms with Crippen LogP contribution in [-0.2, 0) is 31.0 Å². The van der Waals surface area contributed by atoms with E-state index in [1.807, 2.05) is 19.1 Å². The lowest BCUT2D eigenvalue weighted by atomic mass is 9.85. The van der Waals surface area contributed by atoms with Crippen molar-refractivity contribution in [2.24, 2.45) is 5.92 Å². The average molecular weight is 328 g/mol. The Morgan fingerprint density at radius 3 is 2.96 bits per heavy atom. The van der Waals surface area contributed by atoms with Crippen molar-refractivity contribution in [2.75, 3.05) is 6.54 Å². The lowest BCUT2D eigenvalue weighted by Gasteiger charge is -2.26. The van der Waals surface area contributed by atoms with Crippen LogP contribution >= 0.6 is 0 Å². The van der Waals surface area contributed by atoms with Crippen LogP contribution in [0.1, 0.15) is 42.2 Å². The topological polar surface area (TPSA) is 63.3 Å². The van der Waals surface area contributed by atoms with E-state index in [9.17, 15) is 4.79 Å². The molecule has 24 heavy (non-hydrogen) atoms. The van der Waals surface area contributed by atoms with Gasteiger partial charge in [0, 0.05) is 19.0 Å². The maximum atomic E-state index is 11.9. The Morgan fingerprint density at radius 1 is 1.38 bits per heavy atom. The normalized spacial score (nSPS) is 18.2. The van der Waals surface area contributed by atoms with E-state index >= 15 is 0 Å². The number of furan rings is 1. The van der Waals surface area contributed by atoms with E-state index in [0.29, 0.717) is 6.54 Å². The van der Waals surface area contributed by atoms with Crippen LogP contribution in [0.15, 0.2) is 22.6 Å². The molecule has 2 aromatic heterocycles. The standard InChI is InChI=1S/C18H24N4O2/c1-13-5-6-17(24-13)12-21-7-8-22-16(11-21)9-15(20-22)10-19-18(23)14-3-2-4-14/h5-6,9,14H,2-4,7-8,10-12H2,1H3,(H,19,23). The molecule has 0 saturated heterocycles. The van der Waals surface area contributed by atoms with Crippen LogP contribution in [0.5, 0.6) is 0 Å². The molecule has 1 aliphatic heterocycles. The van der Waals surface area contributed by atoms with Crippen LogP contribution in [0.2, 0.25) is 0 Å². The number of fused-ring (bicyclic) bond motifs is 1. The van der Waals surface area contributed by atoms with Crippen LogP contribution in [0.25, 0.3) is 0 Å². The van der Waals surface area contributed by atoms with Gasteiger partial charge in [-0.25, -0.2) is 0 Å². The van der Waals surface area contributed by atoms with Crippen LogP contribution in [0, 0.1) is 12.8 Å². The van der Waals surface area contributed by atoms with Gasteiger partial charge in [0.15, 0.2) is 0 Å². The zero-order chi connectivity index (χ0) is 16.5. The van der Waals surface area contributed by atoms with Gasteiger partial charge in [-0.05, 0) is 38.0 Å². The van der Waals surface area contributed by atoms with Gasteiger partial charge in [0.2, 0.25) is 5.91 Å². The van der Waals surface area contributed by atoms with Crippen LogP contribution < -0.4 is 5.32 Å². The molecule has 1 N–H and O–H groups in total. The first-order valence-corrected chi connectivity index (χ1v) is 8.78. The monoisotopic (exact) mass is 328 g/mol. The molecule has 0 atom stereocenters. The number of aryl methyl sites for hydroxylation is 1. The minimum atomic E-state index is 0.182. The first-order valence-electron chi connectivity index (χ1n) is 8.78. The quantitative estimate of drug-likeness (QED) is 0.914. The Kier molecular flexibility index (Phi) is 4.14. The highest BCUT2D eigenvalue weighted by Gasteiger charge is 2.25. The number of hydrogen-bond donors (Lipinski definition) is 1. The molecule has 0 radical (unpaired) electrons. The predicted molar refractivity (Wildman–Crippen MR) is 89.0 cm³/mol. The Labute approximate surface area is 141 Å². The number of amides is 1. The van der Waals surface area contributed by atoms with Crippen LogP contribution in [0.4, 0.5) is 0 Å². The highest BCUT2D eigenvalue weighted by atomic mass is 16.3. The number of nitrogens with one attached hydrogen (secondary N) is 1. The lowest BCUT2D eigenvalue weighted by molar-refractivity contribution is -0.127. The Balaban J connectivity index is 1.34. The Bertz CT molecular complexity index is 729. The first-order chi connectivity index (χ1) is 11.7. The zero-order valence-corrected chi connectivity index (χ0v) is 14.1. The molecule has 2 aliphatic rings. The zero-order valence-electron chi connectivity index (χ0n) is 14.1. The second kappa shape index (κ2) is 6.43. The van der Waals surface area contributed by atoms with E-state index in [0.717, 1.165) is 56.2 Å². The number of aromatic nitrogens is 2. The smallest absolute Gasteiger partial charge is 0.223 e. The van der Waals surface area contributed by atoms with Crippen molar-refractivity contribution in [1.29, 1.82) is 0 Å². The van der Waals surface area contributed by atoms with Gasteiger partial charge in [-0.1, -0.05) is 6.42 Å². The molecular formula is C18H24N4O2. The number of carbonyl (C=O) groups excluding carboxylic acids is 1. The minimum absolute atomic E-state index is 0.182. The third-order valence-electron chi connectivity index (χ3n) is 5.02. The number of carbonyl (C=O) groups is 1. The SMILES string of the molecule is Cc1ccc(CN2CCn3nc(CNC(=O)C4CCC4)cc3C2)o1. The number of rotatable bonds is 5. The molecule has 4 rings (SSSR count). The highest BCUT2D eigenvalue weighted by Crippen LogP contribution is 2.26. The van der Waals surface area contributed by atoms with Crippen molar-refractivity contribution >= 4 is 5.91 Å². The van der Waals surface area contributed by atoms with Gasteiger partial charge in [0.05, 0.1) is 31.0 Å². The summed E-state index contributed by atoms with van der Waals surface area (Å²) in [7, 11) is 0. The summed E-state index contributed by atoms with van der Waals surface area (Å²) in [5.74, 6) is 2.38. The van der Waals surface area contributed by atoms with Gasteiger partial charge >= 0.3 is 0 Å². The summed E-state index contributed by atoms with van der Waals surface area (Å²) < 4.78 is 7.74. The molecular weight excluding hydrogens is 304 g/mol. The second-order valence-corrected chi connectivity index (χ2v) is 6.92. The minimum Gasteiger partial charge on any atom is -0.465 e. The summed E-state index contributed by atoms with van der Waals surface area (Å²) in [5.41, 5.74) is 2.16. The number of nitrogens with zero attached hydrogens (tertiary/aromatic N) is 3. The summed E-state index contributed by atoms with van der Waals surface area (Å²) in [6.07, 6.45) is 3.25. The van der Waals surface area contributed by atoms with E-state index in [4.69, 9.17) is 4.42 Å². The van der Waals surface area contributed by atoms with E-state index < -0.39 is 0 Å². The molecule has 1 amide bonds. The third-order valence-corrected chi connectivity index (χ3v) is 5.02. The van der Waals surface area contributed by atoms with Crippen LogP contribution in [0.3, 0.4) is 0 Å². The van der Waals surface area contributed by atoms with Crippen molar-refractivity contribution in [3.63, 3.8) is 0 Å². The largest absolute Gasteiger partial charge is 0.465 e. The predicted octanol–water partition coefficient (Wildman–Crippen LogP) is 2.22. The van der Waals surface area contributed by atoms with Crippen LogP contribution in [-0.4, -0.2) is 27.1 Å².